The van der Waals surface area contributed by atoms with Crippen LogP contribution in [-0.2, 0) is 6.42 Å². The first kappa shape index (κ1) is 18.9. The number of rotatable bonds is 5. The second-order valence-electron chi connectivity index (χ2n) is 6.49. The molecule has 0 amide bonds. The Morgan fingerprint density at radius 3 is 2.83 bits per heavy atom. The van der Waals surface area contributed by atoms with Gasteiger partial charge in [0, 0.05) is 42.9 Å². The zero-order valence-electron chi connectivity index (χ0n) is 15.0. The van der Waals surface area contributed by atoms with Gasteiger partial charge in [0.15, 0.2) is 0 Å². The van der Waals surface area contributed by atoms with E-state index in [9.17, 15) is 17.6 Å². The Kier molecular flexibility index (Phi) is 4.91. The molecule has 0 bridgehead atoms. The van der Waals surface area contributed by atoms with E-state index in [-0.39, 0.29) is 18.9 Å². The quantitative estimate of drug-likeness (QED) is 0.448. The number of aromatic nitrogens is 4. The molecule has 1 aliphatic heterocycles. The number of nitrogens with zero attached hydrogens (tertiary/aromatic N) is 3. The van der Waals surface area contributed by atoms with Crippen LogP contribution in [0.1, 0.15) is 11.1 Å². The Morgan fingerprint density at radius 2 is 2.03 bits per heavy atom. The first-order valence-corrected chi connectivity index (χ1v) is 8.77. The van der Waals surface area contributed by atoms with Crippen molar-refractivity contribution >= 4 is 16.9 Å². The van der Waals surface area contributed by atoms with Crippen LogP contribution in [0, 0.1) is 5.95 Å². The number of fused-ring (bicyclic) bond motifs is 1. The van der Waals surface area contributed by atoms with Crippen LogP contribution in [0.3, 0.4) is 0 Å². The fourth-order valence-corrected chi connectivity index (χ4v) is 3.04. The predicted octanol–water partition coefficient (Wildman–Crippen LogP) is 3.47. The van der Waals surface area contributed by atoms with E-state index in [1.54, 1.807) is 30.6 Å². The Balaban J connectivity index is 1.44. The molecule has 4 rings (SSSR count). The molecule has 0 unspecified atom stereocenters. The third-order valence-corrected chi connectivity index (χ3v) is 4.51. The monoisotopic (exact) mass is 404 g/mol. The van der Waals surface area contributed by atoms with Gasteiger partial charge in [-0.3, -0.25) is 0 Å². The van der Waals surface area contributed by atoms with Gasteiger partial charge in [-0.1, -0.05) is 12.1 Å². The SMILES string of the molecule is Fc1nc(NCC2=CCNC(C(F)(F)F)=C2)ccc1Cc1c[nH]c2ncncc12. The maximum atomic E-state index is 14.4. The maximum absolute atomic E-state index is 14.4. The van der Waals surface area contributed by atoms with Gasteiger partial charge in [-0.25, -0.2) is 15.0 Å². The molecule has 0 radical (unpaired) electrons. The number of halogens is 4. The molecule has 0 spiro atoms. The van der Waals surface area contributed by atoms with Crippen LogP contribution in [0.4, 0.5) is 23.4 Å². The van der Waals surface area contributed by atoms with Crippen LogP contribution in [0.2, 0.25) is 0 Å². The average Bonchev–Trinajstić information content (AvgIpc) is 3.11. The molecule has 0 aliphatic carbocycles. The summed E-state index contributed by atoms with van der Waals surface area (Å²) >= 11 is 0. The van der Waals surface area contributed by atoms with Crippen molar-refractivity contribution in [1.82, 2.24) is 25.3 Å². The molecule has 3 aromatic rings. The molecule has 3 N–H and O–H groups in total. The summed E-state index contributed by atoms with van der Waals surface area (Å²) in [7, 11) is 0. The number of aromatic amines is 1. The van der Waals surface area contributed by atoms with Gasteiger partial charge in [-0.2, -0.15) is 17.6 Å². The molecule has 150 valence electrons. The third-order valence-electron chi connectivity index (χ3n) is 4.51. The van der Waals surface area contributed by atoms with E-state index >= 15 is 0 Å². The molecule has 6 nitrogen and oxygen atoms in total. The molecule has 4 heterocycles. The largest absolute Gasteiger partial charge is 0.430 e. The van der Waals surface area contributed by atoms with E-state index < -0.39 is 17.8 Å². The van der Waals surface area contributed by atoms with Crippen LogP contribution in [0.5, 0.6) is 0 Å². The van der Waals surface area contributed by atoms with Gasteiger partial charge >= 0.3 is 6.18 Å². The molecule has 0 aromatic carbocycles. The number of nitrogens with one attached hydrogen (secondary N) is 3. The van der Waals surface area contributed by atoms with Crippen LogP contribution in [0.25, 0.3) is 11.0 Å². The second kappa shape index (κ2) is 7.53. The second-order valence-corrected chi connectivity index (χ2v) is 6.49. The smallest absolute Gasteiger partial charge is 0.378 e. The van der Waals surface area contributed by atoms with Crippen molar-refractivity contribution in [3.63, 3.8) is 0 Å². The number of dihydropyridines is 1. The van der Waals surface area contributed by atoms with Crippen molar-refractivity contribution in [3.05, 3.63) is 71.4 Å². The van der Waals surface area contributed by atoms with Crippen molar-refractivity contribution in [2.75, 3.05) is 18.4 Å². The van der Waals surface area contributed by atoms with Gasteiger partial charge in [0.05, 0.1) is 0 Å². The zero-order valence-corrected chi connectivity index (χ0v) is 15.0. The number of hydrogen-bond donors (Lipinski definition) is 3. The molecule has 0 fully saturated rings. The highest BCUT2D eigenvalue weighted by Gasteiger charge is 2.34. The summed E-state index contributed by atoms with van der Waals surface area (Å²) in [6.07, 6.45) is 3.37. The first-order chi connectivity index (χ1) is 13.9. The molecule has 0 saturated carbocycles. The Morgan fingerprint density at radius 1 is 1.17 bits per heavy atom. The average molecular weight is 404 g/mol. The predicted molar refractivity (Wildman–Crippen MR) is 99.6 cm³/mol. The topological polar surface area (TPSA) is 78.5 Å². The zero-order chi connectivity index (χ0) is 20.4. The number of H-pyrrole nitrogens is 1. The lowest BCUT2D eigenvalue weighted by Gasteiger charge is -2.18. The van der Waals surface area contributed by atoms with Gasteiger partial charge in [0.25, 0.3) is 0 Å². The minimum absolute atomic E-state index is 0.0808. The van der Waals surface area contributed by atoms with E-state index in [0.717, 1.165) is 17.0 Å². The van der Waals surface area contributed by atoms with Crippen molar-refractivity contribution in [2.24, 2.45) is 0 Å². The fraction of sp³-hybridized carbons (Fsp3) is 0.211. The van der Waals surface area contributed by atoms with E-state index in [1.807, 2.05) is 0 Å². The van der Waals surface area contributed by atoms with Crippen molar-refractivity contribution < 1.29 is 17.6 Å². The summed E-state index contributed by atoms with van der Waals surface area (Å²) in [4.78, 5) is 15.0. The molecule has 3 aromatic heterocycles. The normalized spacial score (nSPS) is 14.3. The summed E-state index contributed by atoms with van der Waals surface area (Å²) in [6, 6.07) is 3.20. The number of anilines is 1. The molecule has 0 saturated heterocycles. The summed E-state index contributed by atoms with van der Waals surface area (Å²) in [5, 5.41) is 5.94. The van der Waals surface area contributed by atoms with Crippen LogP contribution >= 0.6 is 0 Å². The lowest BCUT2D eigenvalue weighted by molar-refractivity contribution is -0.0966. The minimum atomic E-state index is -4.43. The van der Waals surface area contributed by atoms with Gasteiger partial charge in [-0.15, -0.1) is 0 Å². The standard InChI is InChI=1S/C19H16F4N6/c20-17-12(6-13-8-27-18-14(13)9-24-10-28-18)1-2-16(29-17)26-7-11-3-4-25-15(5-11)19(21,22)23/h1-3,5,8-10,25H,4,6-7H2,(H,26,29)(H,24,27,28). The molecular weight excluding hydrogens is 388 g/mol. The number of pyridine rings is 1. The van der Waals surface area contributed by atoms with Gasteiger partial charge in [0.1, 0.15) is 23.5 Å². The molecule has 1 aliphatic rings. The first-order valence-electron chi connectivity index (χ1n) is 8.77. The van der Waals surface area contributed by atoms with Crippen molar-refractivity contribution in [1.29, 1.82) is 0 Å². The Hall–Kier alpha value is -3.43. The van der Waals surface area contributed by atoms with E-state index in [2.05, 4.69) is 30.6 Å². The number of alkyl halides is 3. The van der Waals surface area contributed by atoms with Crippen molar-refractivity contribution in [2.45, 2.75) is 12.6 Å². The maximum Gasteiger partial charge on any atom is 0.430 e. The van der Waals surface area contributed by atoms with E-state index in [1.165, 1.54) is 6.33 Å². The highest BCUT2D eigenvalue weighted by atomic mass is 19.4. The highest BCUT2D eigenvalue weighted by Crippen LogP contribution is 2.26. The van der Waals surface area contributed by atoms with Crippen LogP contribution in [0.15, 0.2) is 54.3 Å². The molecular formula is C19H16F4N6. The van der Waals surface area contributed by atoms with E-state index in [4.69, 9.17) is 0 Å². The van der Waals surface area contributed by atoms with Crippen LogP contribution < -0.4 is 10.6 Å². The Labute approximate surface area is 162 Å². The van der Waals surface area contributed by atoms with E-state index in [0.29, 0.717) is 23.2 Å². The summed E-state index contributed by atoms with van der Waals surface area (Å²) in [5.41, 5.74) is 1.55. The highest BCUT2D eigenvalue weighted by molar-refractivity contribution is 5.78. The van der Waals surface area contributed by atoms with Gasteiger partial charge < -0.3 is 15.6 Å². The van der Waals surface area contributed by atoms with Gasteiger partial charge in [0.2, 0.25) is 5.95 Å². The number of allylic oxidation sites excluding steroid dienone is 1. The Bertz CT molecular complexity index is 1100. The third kappa shape index (κ3) is 4.20. The molecule has 29 heavy (non-hydrogen) atoms. The van der Waals surface area contributed by atoms with Crippen molar-refractivity contribution in [3.8, 4) is 0 Å². The summed E-state index contributed by atoms with van der Waals surface area (Å²) in [6.45, 7) is 0.185. The number of hydrogen-bond acceptors (Lipinski definition) is 5. The fourth-order valence-electron chi connectivity index (χ4n) is 3.04. The van der Waals surface area contributed by atoms with Crippen LogP contribution in [-0.4, -0.2) is 39.2 Å². The minimum Gasteiger partial charge on any atom is -0.378 e. The summed E-state index contributed by atoms with van der Waals surface area (Å²) < 4.78 is 52.8. The lowest BCUT2D eigenvalue weighted by atomic mass is 10.1. The molecule has 0 atom stereocenters. The van der Waals surface area contributed by atoms with Gasteiger partial charge in [-0.05, 0) is 23.3 Å². The molecule has 10 heteroatoms. The lowest BCUT2D eigenvalue weighted by Crippen LogP contribution is -2.29. The summed E-state index contributed by atoms with van der Waals surface area (Å²) in [5.74, 6) is -0.401.